The van der Waals surface area contributed by atoms with Gasteiger partial charge in [-0.3, -0.25) is 0 Å². The number of hydrogen-bond acceptors (Lipinski definition) is 3. The van der Waals surface area contributed by atoms with E-state index in [2.05, 4.69) is 29.5 Å². The molecule has 1 N–H and O–H groups in total. The van der Waals surface area contributed by atoms with Crippen LogP contribution in [-0.4, -0.2) is 17.6 Å². The molecule has 0 spiro atoms. The largest absolute Gasteiger partial charge is 0.314 e. The van der Waals surface area contributed by atoms with Crippen molar-refractivity contribution in [1.82, 2.24) is 10.3 Å². The van der Waals surface area contributed by atoms with E-state index in [1.807, 2.05) is 0 Å². The minimum atomic E-state index is 0.713. The first-order chi connectivity index (χ1) is 8.29. The van der Waals surface area contributed by atoms with Gasteiger partial charge in [-0.1, -0.05) is 19.8 Å². The Hall–Kier alpha value is -0.410. The zero-order chi connectivity index (χ0) is 12.1. The Labute approximate surface area is 109 Å². The second-order valence-corrected chi connectivity index (χ2v) is 6.17. The normalized spacial score (nSPS) is 18.7. The van der Waals surface area contributed by atoms with E-state index in [1.165, 1.54) is 42.8 Å². The number of hydrogen-bond donors (Lipinski definition) is 1. The van der Waals surface area contributed by atoms with E-state index in [4.69, 9.17) is 0 Å². The molecule has 1 saturated carbocycles. The van der Waals surface area contributed by atoms with E-state index in [-0.39, 0.29) is 0 Å². The summed E-state index contributed by atoms with van der Waals surface area (Å²) in [6, 6.07) is 0.713. The van der Waals surface area contributed by atoms with Crippen molar-refractivity contribution < 1.29 is 0 Å². The second kappa shape index (κ2) is 6.50. The molecule has 2 nitrogen and oxygen atoms in total. The Morgan fingerprint density at radius 3 is 2.82 bits per heavy atom. The number of nitrogens with zero attached hydrogens (tertiary/aromatic N) is 1. The van der Waals surface area contributed by atoms with Crippen molar-refractivity contribution in [2.75, 3.05) is 6.54 Å². The van der Waals surface area contributed by atoms with E-state index in [1.54, 1.807) is 11.3 Å². The van der Waals surface area contributed by atoms with Crippen LogP contribution in [0.5, 0.6) is 0 Å². The quantitative estimate of drug-likeness (QED) is 0.837. The molecule has 3 heteroatoms. The Morgan fingerprint density at radius 1 is 1.47 bits per heavy atom. The summed E-state index contributed by atoms with van der Waals surface area (Å²) in [7, 11) is 0. The third-order valence-electron chi connectivity index (χ3n) is 3.81. The van der Waals surface area contributed by atoms with Crippen molar-refractivity contribution >= 4 is 11.3 Å². The van der Waals surface area contributed by atoms with Gasteiger partial charge in [0.25, 0.3) is 0 Å². The van der Waals surface area contributed by atoms with Crippen LogP contribution >= 0.6 is 11.3 Å². The molecule has 1 aromatic heterocycles. The summed E-state index contributed by atoms with van der Waals surface area (Å²) < 4.78 is 0. The van der Waals surface area contributed by atoms with E-state index in [9.17, 15) is 0 Å². The minimum absolute atomic E-state index is 0.713. The highest BCUT2D eigenvalue weighted by Gasteiger charge is 2.24. The summed E-state index contributed by atoms with van der Waals surface area (Å²) in [5, 5.41) is 7.09. The fraction of sp³-hybridized carbons (Fsp3) is 0.786. The number of rotatable bonds is 6. The van der Waals surface area contributed by atoms with Gasteiger partial charge in [0, 0.05) is 11.4 Å². The summed E-state index contributed by atoms with van der Waals surface area (Å²) in [5.74, 6) is 0.912. The molecule has 1 fully saturated rings. The third-order valence-corrected chi connectivity index (χ3v) is 4.64. The van der Waals surface area contributed by atoms with Gasteiger partial charge in [0.1, 0.15) is 0 Å². The van der Waals surface area contributed by atoms with E-state index in [0.717, 1.165) is 18.9 Å². The van der Waals surface area contributed by atoms with E-state index in [0.29, 0.717) is 6.04 Å². The highest BCUT2D eigenvalue weighted by atomic mass is 32.1. The topological polar surface area (TPSA) is 24.9 Å². The molecule has 0 radical (unpaired) electrons. The fourth-order valence-electron chi connectivity index (χ4n) is 2.95. The molecule has 1 aromatic rings. The Balaban J connectivity index is 1.84. The second-order valence-electron chi connectivity index (χ2n) is 5.11. The van der Waals surface area contributed by atoms with Gasteiger partial charge >= 0.3 is 0 Å². The van der Waals surface area contributed by atoms with Gasteiger partial charge in [-0.15, -0.1) is 11.3 Å². The van der Waals surface area contributed by atoms with Crippen LogP contribution in [0, 0.1) is 12.8 Å². The maximum atomic E-state index is 4.56. The van der Waals surface area contributed by atoms with Crippen LogP contribution in [0.4, 0.5) is 0 Å². The Morgan fingerprint density at radius 2 is 2.24 bits per heavy atom. The van der Waals surface area contributed by atoms with Gasteiger partial charge in [-0.2, -0.15) is 0 Å². The maximum absolute atomic E-state index is 4.56. The van der Waals surface area contributed by atoms with Gasteiger partial charge in [0.2, 0.25) is 0 Å². The van der Waals surface area contributed by atoms with E-state index < -0.39 is 0 Å². The molecule has 0 amide bonds. The van der Waals surface area contributed by atoms with Crippen LogP contribution in [0.25, 0.3) is 0 Å². The van der Waals surface area contributed by atoms with Crippen LogP contribution in [0.15, 0.2) is 5.38 Å². The lowest BCUT2D eigenvalue weighted by Crippen LogP contribution is -2.35. The summed E-state index contributed by atoms with van der Waals surface area (Å²) in [5.41, 5.74) is 1.29. The summed E-state index contributed by atoms with van der Waals surface area (Å²) in [6.45, 7) is 5.40. The molecule has 96 valence electrons. The molecule has 0 bridgehead atoms. The van der Waals surface area contributed by atoms with Crippen molar-refractivity contribution in [1.29, 1.82) is 0 Å². The van der Waals surface area contributed by atoms with Gasteiger partial charge in [-0.25, -0.2) is 4.98 Å². The zero-order valence-corrected chi connectivity index (χ0v) is 11.9. The van der Waals surface area contributed by atoms with Gasteiger partial charge in [0.15, 0.2) is 0 Å². The molecule has 0 saturated heterocycles. The standard InChI is InChI=1S/C14H24N2S/c1-3-15-14(12-6-4-5-7-12)9-8-13-10-17-11(2)16-13/h10,12,14-15H,3-9H2,1-2H3. The lowest BCUT2D eigenvalue weighted by Gasteiger charge is -2.24. The molecule has 17 heavy (non-hydrogen) atoms. The molecule has 1 aliphatic rings. The van der Waals surface area contributed by atoms with Gasteiger partial charge < -0.3 is 5.32 Å². The van der Waals surface area contributed by atoms with Crippen LogP contribution < -0.4 is 5.32 Å². The minimum Gasteiger partial charge on any atom is -0.314 e. The number of nitrogens with one attached hydrogen (secondary N) is 1. The molecule has 1 atom stereocenters. The molecular weight excluding hydrogens is 228 g/mol. The van der Waals surface area contributed by atoms with Gasteiger partial charge in [-0.05, 0) is 45.1 Å². The predicted octanol–water partition coefficient (Wildman–Crippen LogP) is 3.55. The maximum Gasteiger partial charge on any atom is 0.0897 e. The Kier molecular flexibility index (Phi) is 4.99. The smallest absolute Gasteiger partial charge is 0.0897 e. The number of aromatic nitrogens is 1. The molecule has 2 rings (SSSR count). The Bertz CT molecular complexity index is 329. The summed E-state index contributed by atoms with van der Waals surface area (Å²) >= 11 is 1.77. The first-order valence-corrected chi connectivity index (χ1v) is 7.82. The van der Waals surface area contributed by atoms with Crippen LogP contribution in [0.2, 0.25) is 0 Å². The molecule has 0 aromatic carbocycles. The van der Waals surface area contributed by atoms with Crippen molar-refractivity contribution in [2.45, 2.75) is 58.4 Å². The summed E-state index contributed by atoms with van der Waals surface area (Å²) in [6.07, 6.45) is 8.10. The monoisotopic (exact) mass is 252 g/mol. The first-order valence-electron chi connectivity index (χ1n) is 6.94. The number of aryl methyl sites for hydroxylation is 2. The van der Waals surface area contributed by atoms with Crippen LogP contribution in [0.1, 0.15) is 49.7 Å². The molecule has 1 heterocycles. The number of thiazole rings is 1. The zero-order valence-electron chi connectivity index (χ0n) is 11.0. The third kappa shape index (κ3) is 3.78. The first kappa shape index (κ1) is 13.0. The highest BCUT2D eigenvalue weighted by Crippen LogP contribution is 2.29. The van der Waals surface area contributed by atoms with Crippen LogP contribution in [0.3, 0.4) is 0 Å². The highest BCUT2D eigenvalue weighted by molar-refractivity contribution is 7.09. The molecule has 0 aliphatic heterocycles. The van der Waals surface area contributed by atoms with Crippen LogP contribution in [-0.2, 0) is 6.42 Å². The van der Waals surface area contributed by atoms with Crippen molar-refractivity contribution in [2.24, 2.45) is 5.92 Å². The van der Waals surface area contributed by atoms with Crippen molar-refractivity contribution in [3.8, 4) is 0 Å². The predicted molar refractivity (Wildman–Crippen MR) is 74.6 cm³/mol. The average Bonchev–Trinajstić information content (AvgIpc) is 2.95. The SMILES string of the molecule is CCNC(CCc1csc(C)n1)C1CCCC1. The molecular formula is C14H24N2S. The van der Waals surface area contributed by atoms with E-state index >= 15 is 0 Å². The fourth-order valence-corrected chi connectivity index (χ4v) is 3.60. The van der Waals surface area contributed by atoms with Crippen molar-refractivity contribution in [3.63, 3.8) is 0 Å². The van der Waals surface area contributed by atoms with Gasteiger partial charge in [0.05, 0.1) is 10.7 Å². The average molecular weight is 252 g/mol. The summed E-state index contributed by atoms with van der Waals surface area (Å²) in [4.78, 5) is 4.56. The lowest BCUT2D eigenvalue weighted by molar-refractivity contribution is 0.345. The molecule has 1 aliphatic carbocycles. The lowest BCUT2D eigenvalue weighted by atomic mass is 9.93. The van der Waals surface area contributed by atoms with Crippen molar-refractivity contribution in [3.05, 3.63) is 16.1 Å². The molecule has 1 unspecified atom stereocenters.